The predicted octanol–water partition coefficient (Wildman–Crippen LogP) is -0.0927. The molecule has 3 heteroatoms. The first kappa shape index (κ1) is 5.41. The van der Waals surface area contributed by atoms with Gasteiger partial charge < -0.3 is 5.73 Å². The van der Waals surface area contributed by atoms with Crippen LogP contribution in [0.3, 0.4) is 0 Å². The van der Waals surface area contributed by atoms with Crippen molar-refractivity contribution in [2.24, 2.45) is 5.73 Å². The number of rotatable bonds is 0. The van der Waals surface area contributed by atoms with Gasteiger partial charge in [0.1, 0.15) is 5.50 Å². The van der Waals surface area contributed by atoms with Crippen molar-refractivity contribution >= 4 is 11.8 Å². The standard InChI is InChI=1S/C4H10N2S/c1-6-2-3-7-4(6)5/h4H,2-3,5H2,1H3. The molecule has 1 aliphatic rings. The second-order valence-corrected chi connectivity index (χ2v) is 2.97. The third-order valence-electron chi connectivity index (χ3n) is 1.17. The third-order valence-corrected chi connectivity index (χ3v) is 2.29. The molecule has 1 fully saturated rings. The van der Waals surface area contributed by atoms with E-state index in [1.807, 2.05) is 18.8 Å². The van der Waals surface area contributed by atoms with Crippen LogP contribution in [0.15, 0.2) is 0 Å². The predicted molar refractivity (Wildman–Crippen MR) is 33.1 cm³/mol. The van der Waals surface area contributed by atoms with Crippen molar-refractivity contribution in [1.29, 1.82) is 0 Å². The molecule has 1 atom stereocenters. The van der Waals surface area contributed by atoms with Crippen LogP contribution in [-0.4, -0.2) is 29.7 Å². The lowest BCUT2D eigenvalue weighted by molar-refractivity contribution is 0.358. The van der Waals surface area contributed by atoms with Gasteiger partial charge in [-0.2, -0.15) is 0 Å². The Bertz CT molecular complexity index is 58.7. The largest absolute Gasteiger partial charge is 0.307 e. The van der Waals surface area contributed by atoms with Crippen LogP contribution in [0.25, 0.3) is 0 Å². The van der Waals surface area contributed by atoms with Crippen LogP contribution in [0, 0.1) is 0 Å². The van der Waals surface area contributed by atoms with Gasteiger partial charge in [-0.1, -0.05) is 0 Å². The zero-order chi connectivity index (χ0) is 5.28. The topological polar surface area (TPSA) is 29.3 Å². The Hall–Kier alpha value is 0.270. The molecule has 0 aromatic carbocycles. The Balaban J connectivity index is 2.33. The molecular formula is C4H10N2S. The summed E-state index contributed by atoms with van der Waals surface area (Å²) >= 11 is 1.81. The first-order valence-electron chi connectivity index (χ1n) is 2.38. The minimum absolute atomic E-state index is 0.264. The molecule has 1 unspecified atom stereocenters. The highest BCUT2D eigenvalue weighted by Gasteiger charge is 2.15. The van der Waals surface area contributed by atoms with Crippen LogP contribution in [0.1, 0.15) is 0 Å². The van der Waals surface area contributed by atoms with E-state index in [0.717, 1.165) is 6.54 Å². The molecule has 2 nitrogen and oxygen atoms in total. The number of nitrogens with two attached hydrogens (primary N) is 1. The van der Waals surface area contributed by atoms with E-state index in [4.69, 9.17) is 5.73 Å². The highest BCUT2D eigenvalue weighted by atomic mass is 32.2. The smallest absolute Gasteiger partial charge is 0.105 e. The normalized spacial score (nSPS) is 34.3. The molecule has 0 amide bonds. The first-order chi connectivity index (χ1) is 3.30. The molecule has 0 radical (unpaired) electrons. The minimum Gasteiger partial charge on any atom is -0.307 e. The van der Waals surface area contributed by atoms with Crippen molar-refractivity contribution in [2.45, 2.75) is 5.50 Å². The van der Waals surface area contributed by atoms with Crippen LogP contribution in [0.5, 0.6) is 0 Å². The minimum atomic E-state index is 0.264. The molecule has 2 N–H and O–H groups in total. The van der Waals surface area contributed by atoms with Gasteiger partial charge in [-0.05, 0) is 7.05 Å². The number of nitrogens with zero attached hydrogens (tertiary/aromatic N) is 1. The molecule has 0 aromatic rings. The molecule has 1 aliphatic heterocycles. The summed E-state index contributed by atoms with van der Waals surface area (Å²) in [5.74, 6) is 1.19. The Labute approximate surface area is 48.1 Å². The molecule has 1 saturated heterocycles. The lowest BCUT2D eigenvalue weighted by Crippen LogP contribution is -2.30. The van der Waals surface area contributed by atoms with Crippen molar-refractivity contribution in [3.05, 3.63) is 0 Å². The second kappa shape index (κ2) is 2.03. The number of hydrogen-bond acceptors (Lipinski definition) is 3. The Kier molecular flexibility index (Phi) is 1.57. The molecule has 0 aromatic heterocycles. The summed E-state index contributed by atoms with van der Waals surface area (Å²) in [4.78, 5) is 2.14. The summed E-state index contributed by atoms with van der Waals surface area (Å²) in [6, 6.07) is 0. The van der Waals surface area contributed by atoms with Crippen LogP contribution >= 0.6 is 11.8 Å². The van der Waals surface area contributed by atoms with Crippen LogP contribution in [-0.2, 0) is 0 Å². The van der Waals surface area contributed by atoms with E-state index in [2.05, 4.69) is 4.90 Å². The maximum atomic E-state index is 5.57. The quantitative estimate of drug-likeness (QED) is 0.482. The van der Waals surface area contributed by atoms with Gasteiger partial charge in [0, 0.05) is 12.3 Å². The van der Waals surface area contributed by atoms with Crippen molar-refractivity contribution < 1.29 is 0 Å². The fourth-order valence-corrected chi connectivity index (χ4v) is 1.57. The van der Waals surface area contributed by atoms with Crippen LogP contribution in [0.4, 0.5) is 0 Å². The number of hydrogen-bond donors (Lipinski definition) is 1. The zero-order valence-corrected chi connectivity index (χ0v) is 5.24. The van der Waals surface area contributed by atoms with E-state index in [0.29, 0.717) is 0 Å². The maximum Gasteiger partial charge on any atom is 0.105 e. The van der Waals surface area contributed by atoms with Crippen molar-refractivity contribution in [3.8, 4) is 0 Å². The Morgan fingerprint density at radius 1 is 1.86 bits per heavy atom. The third kappa shape index (κ3) is 1.08. The molecule has 0 saturated carbocycles. The van der Waals surface area contributed by atoms with E-state index in [9.17, 15) is 0 Å². The summed E-state index contributed by atoms with van der Waals surface area (Å²) in [5.41, 5.74) is 5.83. The monoisotopic (exact) mass is 118 g/mol. The van der Waals surface area contributed by atoms with Gasteiger partial charge >= 0.3 is 0 Å². The summed E-state index contributed by atoms with van der Waals surface area (Å²) in [6.07, 6.45) is 0. The van der Waals surface area contributed by atoms with Gasteiger partial charge in [-0.15, -0.1) is 11.8 Å². The molecule has 0 spiro atoms. The summed E-state index contributed by atoms with van der Waals surface area (Å²) < 4.78 is 0. The van der Waals surface area contributed by atoms with E-state index in [1.54, 1.807) is 0 Å². The van der Waals surface area contributed by atoms with E-state index in [1.165, 1.54) is 5.75 Å². The van der Waals surface area contributed by atoms with E-state index < -0.39 is 0 Å². The lowest BCUT2D eigenvalue weighted by atomic mass is 10.7. The van der Waals surface area contributed by atoms with Crippen LogP contribution in [0.2, 0.25) is 0 Å². The molecule has 0 aliphatic carbocycles. The molecule has 0 bridgehead atoms. The highest BCUT2D eigenvalue weighted by molar-refractivity contribution is 8.00. The van der Waals surface area contributed by atoms with Gasteiger partial charge in [0.05, 0.1) is 0 Å². The van der Waals surface area contributed by atoms with Gasteiger partial charge in [-0.25, -0.2) is 0 Å². The molecule has 1 rings (SSSR count). The Morgan fingerprint density at radius 2 is 2.57 bits per heavy atom. The van der Waals surface area contributed by atoms with Crippen molar-refractivity contribution in [1.82, 2.24) is 4.90 Å². The average molecular weight is 118 g/mol. The van der Waals surface area contributed by atoms with Gasteiger partial charge in [-0.3, -0.25) is 4.90 Å². The fraction of sp³-hybridized carbons (Fsp3) is 1.00. The van der Waals surface area contributed by atoms with Gasteiger partial charge in [0.2, 0.25) is 0 Å². The first-order valence-corrected chi connectivity index (χ1v) is 3.43. The Morgan fingerprint density at radius 3 is 2.71 bits per heavy atom. The molecule has 42 valence electrons. The maximum absolute atomic E-state index is 5.57. The average Bonchev–Trinajstić information content (AvgIpc) is 1.91. The zero-order valence-electron chi connectivity index (χ0n) is 4.42. The lowest BCUT2D eigenvalue weighted by Gasteiger charge is -2.10. The summed E-state index contributed by atoms with van der Waals surface area (Å²) in [5, 5.41) is 0. The summed E-state index contributed by atoms with van der Waals surface area (Å²) in [6.45, 7) is 1.14. The van der Waals surface area contributed by atoms with E-state index in [-0.39, 0.29) is 5.50 Å². The molecule has 7 heavy (non-hydrogen) atoms. The van der Waals surface area contributed by atoms with Gasteiger partial charge in [0.15, 0.2) is 0 Å². The van der Waals surface area contributed by atoms with Crippen LogP contribution < -0.4 is 5.73 Å². The molecule has 1 heterocycles. The SMILES string of the molecule is CN1CCSC1N. The van der Waals surface area contributed by atoms with Crippen molar-refractivity contribution in [3.63, 3.8) is 0 Å². The summed E-state index contributed by atoms with van der Waals surface area (Å²) in [7, 11) is 2.05. The molecular weight excluding hydrogens is 108 g/mol. The van der Waals surface area contributed by atoms with Crippen molar-refractivity contribution in [2.75, 3.05) is 19.3 Å². The van der Waals surface area contributed by atoms with E-state index >= 15 is 0 Å². The number of thioether (sulfide) groups is 1. The second-order valence-electron chi connectivity index (χ2n) is 1.74. The fourth-order valence-electron chi connectivity index (χ4n) is 0.572. The highest BCUT2D eigenvalue weighted by Crippen LogP contribution is 2.15. The van der Waals surface area contributed by atoms with Gasteiger partial charge in [0.25, 0.3) is 0 Å².